The number of pyridine rings is 1. The number of benzene rings is 1. The summed E-state index contributed by atoms with van der Waals surface area (Å²) in [5, 5.41) is 10.0. The van der Waals surface area contributed by atoms with Gasteiger partial charge < -0.3 is 0 Å². The zero-order chi connectivity index (χ0) is 13.1. The molecule has 0 aliphatic heterocycles. The van der Waals surface area contributed by atoms with Crippen molar-refractivity contribution in [3.63, 3.8) is 0 Å². The topological polar surface area (TPSA) is 36.7 Å². The molecule has 1 heterocycles. The maximum atomic E-state index is 8.85. The van der Waals surface area contributed by atoms with Gasteiger partial charge in [-0.3, -0.25) is 4.98 Å². The Labute approximate surface area is 116 Å². The third kappa shape index (κ3) is 2.64. The van der Waals surface area contributed by atoms with E-state index in [0.29, 0.717) is 16.5 Å². The molecule has 1 aromatic heterocycles. The number of rotatable bonds is 2. The van der Waals surface area contributed by atoms with Crippen LogP contribution in [0.5, 0.6) is 0 Å². The van der Waals surface area contributed by atoms with Crippen LogP contribution in [0, 0.1) is 18.3 Å². The van der Waals surface area contributed by atoms with Crippen molar-refractivity contribution in [3.8, 4) is 17.3 Å². The van der Waals surface area contributed by atoms with Crippen molar-refractivity contribution in [2.45, 2.75) is 13.3 Å². The highest BCUT2D eigenvalue weighted by atomic mass is 35.5. The van der Waals surface area contributed by atoms with Gasteiger partial charge in [0, 0.05) is 16.3 Å². The van der Waals surface area contributed by atoms with Crippen LogP contribution in [0.2, 0.25) is 10.0 Å². The molecule has 0 aliphatic rings. The summed E-state index contributed by atoms with van der Waals surface area (Å²) in [6.07, 6.45) is 0.297. The maximum absolute atomic E-state index is 8.85. The van der Waals surface area contributed by atoms with Crippen LogP contribution in [0.4, 0.5) is 0 Å². The Balaban J connectivity index is 2.65. The van der Waals surface area contributed by atoms with Gasteiger partial charge in [0.15, 0.2) is 0 Å². The summed E-state index contributed by atoms with van der Waals surface area (Å²) in [5.74, 6) is 0. The molecule has 2 aromatic rings. The first-order valence-corrected chi connectivity index (χ1v) is 6.16. The number of hydrogen-bond donors (Lipinski definition) is 0. The first kappa shape index (κ1) is 12.9. The summed E-state index contributed by atoms with van der Waals surface area (Å²) in [6, 6.07) is 11.2. The molecule has 0 fully saturated rings. The molecule has 4 heteroatoms. The summed E-state index contributed by atoms with van der Waals surface area (Å²) in [7, 11) is 0. The lowest BCUT2D eigenvalue weighted by molar-refractivity contribution is 1.14. The minimum absolute atomic E-state index is 0.297. The second-order valence-corrected chi connectivity index (χ2v) is 4.76. The number of aromatic nitrogens is 1. The number of aryl methyl sites for hydroxylation is 1. The fourth-order valence-electron chi connectivity index (χ4n) is 1.73. The van der Waals surface area contributed by atoms with Crippen molar-refractivity contribution in [2.24, 2.45) is 0 Å². The molecule has 0 amide bonds. The van der Waals surface area contributed by atoms with Gasteiger partial charge in [-0.15, -0.1) is 0 Å². The Bertz CT molecular complexity index is 630. The average molecular weight is 277 g/mol. The third-order valence-corrected chi connectivity index (χ3v) is 3.14. The highest BCUT2D eigenvalue weighted by Crippen LogP contribution is 2.31. The molecule has 0 atom stereocenters. The minimum Gasteiger partial charge on any atom is -0.253 e. The zero-order valence-electron chi connectivity index (χ0n) is 9.74. The van der Waals surface area contributed by atoms with E-state index in [1.807, 2.05) is 19.1 Å². The van der Waals surface area contributed by atoms with Crippen molar-refractivity contribution in [1.82, 2.24) is 4.98 Å². The van der Waals surface area contributed by atoms with Gasteiger partial charge in [0.05, 0.1) is 23.2 Å². The van der Waals surface area contributed by atoms with Gasteiger partial charge in [-0.2, -0.15) is 5.26 Å². The van der Waals surface area contributed by atoms with Crippen LogP contribution < -0.4 is 0 Å². The van der Waals surface area contributed by atoms with Gasteiger partial charge in [-0.1, -0.05) is 29.3 Å². The normalized spacial score (nSPS) is 10.1. The minimum atomic E-state index is 0.297. The first-order chi connectivity index (χ1) is 8.61. The summed E-state index contributed by atoms with van der Waals surface area (Å²) in [6.45, 7) is 1.90. The largest absolute Gasteiger partial charge is 0.253 e. The van der Waals surface area contributed by atoms with Crippen LogP contribution in [0.15, 0.2) is 30.3 Å². The fourth-order valence-corrected chi connectivity index (χ4v) is 2.10. The number of halogens is 2. The molecule has 18 heavy (non-hydrogen) atoms. The van der Waals surface area contributed by atoms with Crippen molar-refractivity contribution in [3.05, 3.63) is 51.6 Å². The van der Waals surface area contributed by atoms with Crippen LogP contribution in [0.1, 0.15) is 11.3 Å². The molecular formula is C14H10Cl2N2. The molecule has 1 aromatic carbocycles. The Kier molecular flexibility index (Phi) is 3.86. The van der Waals surface area contributed by atoms with Crippen LogP contribution in [0.3, 0.4) is 0 Å². The lowest BCUT2D eigenvalue weighted by Gasteiger charge is -2.09. The quantitative estimate of drug-likeness (QED) is 0.814. The molecule has 0 radical (unpaired) electrons. The van der Waals surface area contributed by atoms with Gasteiger partial charge in [0.2, 0.25) is 0 Å². The second-order valence-electron chi connectivity index (χ2n) is 3.92. The Morgan fingerprint density at radius 1 is 1.22 bits per heavy atom. The monoisotopic (exact) mass is 276 g/mol. The van der Waals surface area contributed by atoms with E-state index in [2.05, 4.69) is 11.1 Å². The van der Waals surface area contributed by atoms with Crippen LogP contribution in [0.25, 0.3) is 11.3 Å². The Morgan fingerprint density at radius 3 is 2.72 bits per heavy atom. The smallest absolute Gasteiger partial charge is 0.0763 e. The number of nitrogens with zero attached hydrogens (tertiary/aromatic N) is 2. The van der Waals surface area contributed by atoms with E-state index in [1.54, 1.807) is 18.2 Å². The lowest BCUT2D eigenvalue weighted by atomic mass is 10.0. The number of hydrogen-bond acceptors (Lipinski definition) is 2. The Hall–Kier alpha value is -1.56. The van der Waals surface area contributed by atoms with E-state index in [4.69, 9.17) is 28.5 Å². The molecule has 0 unspecified atom stereocenters. The summed E-state index contributed by atoms with van der Waals surface area (Å²) in [4.78, 5) is 4.47. The first-order valence-electron chi connectivity index (χ1n) is 5.40. The van der Waals surface area contributed by atoms with E-state index in [0.717, 1.165) is 22.5 Å². The zero-order valence-corrected chi connectivity index (χ0v) is 11.3. The standard InChI is InChI=1S/C14H10Cl2N2/c1-9-2-3-10(6-7-17)14(18-9)12-8-11(15)4-5-13(12)16/h2-5,8H,6H2,1H3. The van der Waals surface area contributed by atoms with Gasteiger partial charge in [0.1, 0.15) is 0 Å². The molecular weight excluding hydrogens is 267 g/mol. The number of nitriles is 1. The molecule has 0 N–H and O–H groups in total. The summed E-state index contributed by atoms with van der Waals surface area (Å²) in [5.41, 5.74) is 3.22. The molecule has 2 nitrogen and oxygen atoms in total. The van der Waals surface area contributed by atoms with E-state index < -0.39 is 0 Å². The van der Waals surface area contributed by atoms with Gasteiger partial charge in [0.25, 0.3) is 0 Å². The van der Waals surface area contributed by atoms with Gasteiger partial charge in [-0.05, 0) is 36.8 Å². The molecule has 0 bridgehead atoms. The summed E-state index contributed by atoms with van der Waals surface area (Å²) >= 11 is 12.2. The van der Waals surface area contributed by atoms with E-state index in [1.165, 1.54) is 0 Å². The van der Waals surface area contributed by atoms with Crippen molar-refractivity contribution in [2.75, 3.05) is 0 Å². The van der Waals surface area contributed by atoms with Crippen molar-refractivity contribution in [1.29, 1.82) is 5.26 Å². The van der Waals surface area contributed by atoms with Crippen LogP contribution in [-0.4, -0.2) is 4.98 Å². The highest BCUT2D eigenvalue weighted by Gasteiger charge is 2.11. The molecule has 0 saturated carbocycles. The van der Waals surface area contributed by atoms with E-state index in [-0.39, 0.29) is 0 Å². The summed E-state index contributed by atoms with van der Waals surface area (Å²) < 4.78 is 0. The molecule has 0 aliphatic carbocycles. The van der Waals surface area contributed by atoms with Crippen molar-refractivity contribution < 1.29 is 0 Å². The highest BCUT2D eigenvalue weighted by molar-refractivity contribution is 6.35. The molecule has 0 spiro atoms. The van der Waals surface area contributed by atoms with Crippen LogP contribution >= 0.6 is 23.2 Å². The molecule has 2 rings (SSSR count). The predicted octanol–water partition coefficient (Wildman–Crippen LogP) is 4.43. The molecule has 0 saturated heterocycles. The van der Waals surface area contributed by atoms with Crippen molar-refractivity contribution >= 4 is 23.2 Å². The molecule has 90 valence electrons. The van der Waals surface area contributed by atoms with E-state index in [9.17, 15) is 0 Å². The predicted molar refractivity (Wildman–Crippen MR) is 73.7 cm³/mol. The fraction of sp³-hybridized carbons (Fsp3) is 0.143. The SMILES string of the molecule is Cc1ccc(CC#N)c(-c2cc(Cl)ccc2Cl)n1. The second kappa shape index (κ2) is 5.39. The van der Waals surface area contributed by atoms with E-state index >= 15 is 0 Å². The maximum Gasteiger partial charge on any atom is 0.0763 e. The van der Waals surface area contributed by atoms with Crippen LogP contribution in [-0.2, 0) is 6.42 Å². The average Bonchev–Trinajstić information content (AvgIpc) is 2.35. The third-order valence-electron chi connectivity index (χ3n) is 2.57. The van der Waals surface area contributed by atoms with Gasteiger partial charge in [-0.25, -0.2) is 0 Å². The lowest BCUT2D eigenvalue weighted by Crippen LogP contribution is -1.95. The Morgan fingerprint density at radius 2 is 2.00 bits per heavy atom. The van der Waals surface area contributed by atoms with Gasteiger partial charge >= 0.3 is 0 Å².